The van der Waals surface area contributed by atoms with Gasteiger partial charge in [-0.15, -0.1) is 11.8 Å². The maximum absolute atomic E-state index is 4.55. The summed E-state index contributed by atoms with van der Waals surface area (Å²) in [7, 11) is 0. The molecule has 0 fully saturated rings. The lowest BCUT2D eigenvalue weighted by atomic mass is 10.1. The van der Waals surface area contributed by atoms with Crippen molar-refractivity contribution in [2.24, 2.45) is 0 Å². The van der Waals surface area contributed by atoms with Crippen molar-refractivity contribution in [2.45, 2.75) is 76.2 Å². The highest BCUT2D eigenvalue weighted by atomic mass is 32.2. The number of nitrogens with zero attached hydrogens (tertiary/aromatic N) is 1. The van der Waals surface area contributed by atoms with E-state index in [9.17, 15) is 0 Å². The number of hydrogen-bond donors (Lipinski definition) is 0. The van der Waals surface area contributed by atoms with Crippen molar-refractivity contribution in [3.63, 3.8) is 0 Å². The molecule has 0 spiro atoms. The van der Waals surface area contributed by atoms with Crippen LogP contribution >= 0.6 is 11.8 Å². The number of pyridine rings is 1. The van der Waals surface area contributed by atoms with Gasteiger partial charge in [0.25, 0.3) is 0 Å². The van der Waals surface area contributed by atoms with Crippen molar-refractivity contribution in [3.05, 3.63) is 36.5 Å². The number of hydrogen-bond acceptors (Lipinski definition) is 2. The molecule has 1 heterocycles. The molecule has 2 heteroatoms. The molecule has 0 saturated heterocycles. The fraction of sp³-hybridized carbons (Fsp3) is 0.571. The minimum Gasteiger partial charge on any atom is -0.249 e. The van der Waals surface area contributed by atoms with Crippen LogP contribution in [0, 0.1) is 0 Å². The van der Waals surface area contributed by atoms with Gasteiger partial charge < -0.3 is 0 Å². The Bertz CT molecular complexity index is 547. The molecule has 2 rings (SSSR count). The Labute approximate surface area is 146 Å². The summed E-state index contributed by atoms with van der Waals surface area (Å²) in [6, 6.07) is 10.7. The van der Waals surface area contributed by atoms with E-state index < -0.39 is 0 Å². The third-order valence-corrected chi connectivity index (χ3v) is 5.47. The van der Waals surface area contributed by atoms with Crippen LogP contribution in [0.2, 0.25) is 0 Å². The Balaban J connectivity index is 1.54. The Morgan fingerprint density at radius 3 is 2.17 bits per heavy atom. The summed E-state index contributed by atoms with van der Waals surface area (Å²) in [5, 5.41) is 3.79. The molecular weight excluding hydrogens is 298 g/mol. The van der Waals surface area contributed by atoms with Crippen molar-refractivity contribution in [1.29, 1.82) is 0 Å². The van der Waals surface area contributed by atoms with E-state index in [0.29, 0.717) is 0 Å². The van der Waals surface area contributed by atoms with Crippen LogP contribution in [0.4, 0.5) is 0 Å². The molecule has 2 aromatic rings. The molecule has 1 aromatic carbocycles. The van der Waals surface area contributed by atoms with Gasteiger partial charge in [0, 0.05) is 11.6 Å². The van der Waals surface area contributed by atoms with E-state index >= 15 is 0 Å². The number of fused-ring (bicyclic) bond motifs is 1. The standard InChI is InChI=1S/C21H31NS/c1-2-3-4-5-6-7-8-9-10-13-18-23-21-20-15-12-11-14-19(20)16-17-22-21/h11-12,14-17H,2-10,13,18H2,1H3. The SMILES string of the molecule is CCCCCCCCCCCCSc1nccc2ccccc12. The van der Waals surface area contributed by atoms with Gasteiger partial charge in [-0.1, -0.05) is 89.0 Å². The largest absolute Gasteiger partial charge is 0.249 e. The highest BCUT2D eigenvalue weighted by molar-refractivity contribution is 7.99. The lowest BCUT2D eigenvalue weighted by molar-refractivity contribution is 0.563. The molecule has 126 valence electrons. The molecule has 0 unspecified atom stereocenters. The number of aromatic nitrogens is 1. The minimum atomic E-state index is 1.19. The van der Waals surface area contributed by atoms with Gasteiger partial charge in [-0.05, 0) is 23.6 Å². The Hall–Kier alpha value is -1.02. The molecule has 0 radical (unpaired) electrons. The second-order valence-corrected chi connectivity index (χ2v) is 7.45. The molecule has 1 nitrogen and oxygen atoms in total. The molecule has 0 atom stereocenters. The van der Waals surface area contributed by atoms with Gasteiger partial charge in [-0.2, -0.15) is 0 Å². The highest BCUT2D eigenvalue weighted by Crippen LogP contribution is 2.26. The van der Waals surface area contributed by atoms with Crippen LogP contribution in [0.3, 0.4) is 0 Å². The molecule has 1 aromatic heterocycles. The summed E-state index contributed by atoms with van der Waals surface area (Å²) in [4.78, 5) is 4.55. The monoisotopic (exact) mass is 329 g/mol. The first-order valence-electron chi connectivity index (χ1n) is 9.38. The predicted molar refractivity (Wildman–Crippen MR) is 104 cm³/mol. The highest BCUT2D eigenvalue weighted by Gasteiger charge is 2.02. The summed E-state index contributed by atoms with van der Waals surface area (Å²) in [5.41, 5.74) is 0. The zero-order valence-corrected chi connectivity index (χ0v) is 15.4. The summed E-state index contributed by atoms with van der Waals surface area (Å²) >= 11 is 1.92. The predicted octanol–water partition coefficient (Wildman–Crippen LogP) is 7.25. The van der Waals surface area contributed by atoms with Crippen molar-refractivity contribution < 1.29 is 0 Å². The molecular formula is C21H31NS. The second kappa shape index (κ2) is 11.5. The Morgan fingerprint density at radius 1 is 0.783 bits per heavy atom. The van der Waals surface area contributed by atoms with Crippen LogP contribution in [0.25, 0.3) is 10.8 Å². The molecule has 23 heavy (non-hydrogen) atoms. The maximum atomic E-state index is 4.55. The van der Waals surface area contributed by atoms with Crippen LogP contribution in [-0.2, 0) is 0 Å². The van der Waals surface area contributed by atoms with Gasteiger partial charge in [-0.25, -0.2) is 4.98 Å². The van der Waals surface area contributed by atoms with Crippen molar-refractivity contribution in [3.8, 4) is 0 Å². The van der Waals surface area contributed by atoms with Crippen LogP contribution in [0.15, 0.2) is 41.6 Å². The first-order chi connectivity index (χ1) is 11.4. The lowest BCUT2D eigenvalue weighted by Crippen LogP contribution is -1.87. The van der Waals surface area contributed by atoms with Gasteiger partial charge in [0.15, 0.2) is 0 Å². The topological polar surface area (TPSA) is 12.9 Å². The van der Waals surface area contributed by atoms with E-state index in [2.05, 4.69) is 42.2 Å². The molecule has 0 aliphatic carbocycles. The van der Waals surface area contributed by atoms with Crippen LogP contribution < -0.4 is 0 Å². The third-order valence-electron chi connectivity index (χ3n) is 4.37. The number of unbranched alkanes of at least 4 members (excludes halogenated alkanes) is 9. The Morgan fingerprint density at radius 2 is 1.43 bits per heavy atom. The first kappa shape index (κ1) is 18.3. The third kappa shape index (κ3) is 6.95. The fourth-order valence-electron chi connectivity index (χ4n) is 2.97. The fourth-order valence-corrected chi connectivity index (χ4v) is 3.98. The van der Waals surface area contributed by atoms with E-state index in [1.165, 1.54) is 85.8 Å². The zero-order valence-electron chi connectivity index (χ0n) is 14.6. The summed E-state index contributed by atoms with van der Waals surface area (Å²) in [5.74, 6) is 1.19. The molecule has 0 saturated carbocycles. The van der Waals surface area contributed by atoms with E-state index in [1.54, 1.807) is 0 Å². The van der Waals surface area contributed by atoms with Gasteiger partial charge in [0.1, 0.15) is 5.03 Å². The van der Waals surface area contributed by atoms with Crippen LogP contribution in [0.1, 0.15) is 71.1 Å². The average molecular weight is 330 g/mol. The maximum Gasteiger partial charge on any atom is 0.104 e. The Kier molecular flexibility index (Phi) is 9.16. The van der Waals surface area contributed by atoms with E-state index in [0.717, 1.165) is 0 Å². The zero-order chi connectivity index (χ0) is 16.2. The molecule has 0 N–H and O–H groups in total. The molecule has 0 aliphatic rings. The quantitative estimate of drug-likeness (QED) is 0.300. The second-order valence-electron chi connectivity index (χ2n) is 6.37. The van der Waals surface area contributed by atoms with Crippen LogP contribution in [-0.4, -0.2) is 10.7 Å². The number of thioether (sulfide) groups is 1. The van der Waals surface area contributed by atoms with Crippen LogP contribution in [0.5, 0.6) is 0 Å². The van der Waals surface area contributed by atoms with Crippen molar-refractivity contribution in [2.75, 3.05) is 5.75 Å². The van der Waals surface area contributed by atoms with Gasteiger partial charge >= 0.3 is 0 Å². The number of benzene rings is 1. The summed E-state index contributed by atoms with van der Waals surface area (Å²) in [6.45, 7) is 2.28. The van der Waals surface area contributed by atoms with Crippen molar-refractivity contribution >= 4 is 22.5 Å². The molecule has 0 aliphatic heterocycles. The first-order valence-corrected chi connectivity index (χ1v) is 10.4. The summed E-state index contributed by atoms with van der Waals surface area (Å²) < 4.78 is 0. The summed E-state index contributed by atoms with van der Waals surface area (Å²) in [6.07, 6.45) is 15.9. The molecule has 0 amide bonds. The van der Waals surface area contributed by atoms with E-state index in [-0.39, 0.29) is 0 Å². The van der Waals surface area contributed by atoms with E-state index in [4.69, 9.17) is 0 Å². The van der Waals surface area contributed by atoms with Gasteiger partial charge in [-0.3, -0.25) is 0 Å². The lowest BCUT2D eigenvalue weighted by Gasteiger charge is -2.05. The van der Waals surface area contributed by atoms with E-state index in [1.807, 2.05) is 18.0 Å². The minimum absolute atomic E-state index is 1.19. The molecule has 0 bridgehead atoms. The normalized spacial score (nSPS) is 11.2. The average Bonchev–Trinajstić information content (AvgIpc) is 2.60. The van der Waals surface area contributed by atoms with Gasteiger partial charge in [0.2, 0.25) is 0 Å². The number of rotatable bonds is 12. The smallest absolute Gasteiger partial charge is 0.104 e. The van der Waals surface area contributed by atoms with Crippen molar-refractivity contribution in [1.82, 2.24) is 4.98 Å². The van der Waals surface area contributed by atoms with Gasteiger partial charge in [0.05, 0.1) is 0 Å².